The Labute approximate surface area is 193 Å². The number of nitrogens with one attached hydrogen (secondary N) is 3. The van der Waals surface area contributed by atoms with Crippen LogP contribution < -0.4 is 15.4 Å². The lowest BCUT2D eigenvalue weighted by Crippen LogP contribution is -2.41. The highest BCUT2D eigenvalue weighted by molar-refractivity contribution is 7.89. The zero-order chi connectivity index (χ0) is 24.3. The van der Waals surface area contributed by atoms with Gasteiger partial charge in [-0.2, -0.15) is 4.72 Å². The van der Waals surface area contributed by atoms with Gasteiger partial charge in [-0.25, -0.2) is 22.2 Å². The monoisotopic (exact) mass is 494 g/mol. The summed E-state index contributed by atoms with van der Waals surface area (Å²) >= 11 is 1.11. The Balaban J connectivity index is 1.69. The second kappa shape index (κ2) is 9.73. The zero-order valence-electron chi connectivity index (χ0n) is 17.8. The van der Waals surface area contributed by atoms with Crippen LogP contribution in [0.3, 0.4) is 0 Å². The quantitative estimate of drug-likeness (QED) is 0.463. The van der Waals surface area contributed by atoms with Gasteiger partial charge in [0.2, 0.25) is 21.8 Å². The summed E-state index contributed by atoms with van der Waals surface area (Å²) in [7, 11) is -4.01. The summed E-state index contributed by atoms with van der Waals surface area (Å²) in [5, 5.41) is 5.24. The van der Waals surface area contributed by atoms with Crippen LogP contribution in [-0.4, -0.2) is 31.3 Å². The Kier molecular flexibility index (Phi) is 7.20. The molecule has 174 valence electrons. The largest absolute Gasteiger partial charge is 0.326 e. The molecule has 3 N–H and O–H groups in total. The number of hydrogen-bond acceptors (Lipinski definition) is 6. The van der Waals surface area contributed by atoms with Gasteiger partial charge in [0, 0.05) is 23.1 Å². The van der Waals surface area contributed by atoms with Crippen LogP contribution in [0.1, 0.15) is 18.7 Å². The third kappa shape index (κ3) is 5.97. The van der Waals surface area contributed by atoms with Crippen molar-refractivity contribution in [2.45, 2.75) is 31.7 Å². The van der Waals surface area contributed by atoms with E-state index in [4.69, 9.17) is 0 Å². The molecular weight excluding hydrogens is 474 g/mol. The van der Waals surface area contributed by atoms with Gasteiger partial charge < -0.3 is 10.6 Å². The molecule has 2 aromatic carbocycles. The minimum absolute atomic E-state index is 0.0815. The molecular formula is C21H20F2N4O4S2. The lowest BCUT2D eigenvalue weighted by atomic mass is 10.1. The molecule has 0 saturated carbocycles. The molecule has 1 atom stereocenters. The van der Waals surface area contributed by atoms with E-state index in [0.29, 0.717) is 21.8 Å². The first-order chi connectivity index (χ1) is 15.5. The number of anilines is 2. The Bertz CT molecular complexity index is 1310. The third-order valence-corrected chi connectivity index (χ3v) is 6.87. The Morgan fingerprint density at radius 3 is 2.30 bits per heavy atom. The number of rotatable bonds is 7. The lowest BCUT2D eigenvalue weighted by molar-refractivity contribution is -0.117. The summed E-state index contributed by atoms with van der Waals surface area (Å²) in [5.41, 5.74) is 1.16. The molecule has 0 spiro atoms. The summed E-state index contributed by atoms with van der Waals surface area (Å²) in [6, 6.07) is 7.70. The van der Waals surface area contributed by atoms with E-state index < -0.39 is 33.6 Å². The predicted molar refractivity (Wildman–Crippen MR) is 121 cm³/mol. The van der Waals surface area contributed by atoms with Crippen LogP contribution >= 0.6 is 11.3 Å². The van der Waals surface area contributed by atoms with Gasteiger partial charge in [-0.05, 0) is 56.3 Å². The van der Waals surface area contributed by atoms with Crippen molar-refractivity contribution in [2.24, 2.45) is 0 Å². The SMILES string of the molecule is CC(=O)Nc1ccc(S(=O)(=O)N[C@H](C)C(=O)Nc2nc(-c3ccc(F)c(F)c3)c(C)s2)cc1. The number of sulfonamides is 1. The van der Waals surface area contributed by atoms with Gasteiger partial charge in [-0.15, -0.1) is 11.3 Å². The molecule has 2 amide bonds. The zero-order valence-corrected chi connectivity index (χ0v) is 19.4. The molecule has 0 aliphatic rings. The normalized spacial score (nSPS) is 12.3. The van der Waals surface area contributed by atoms with Gasteiger partial charge in [0.05, 0.1) is 16.6 Å². The first-order valence-electron chi connectivity index (χ1n) is 9.60. The highest BCUT2D eigenvalue weighted by Crippen LogP contribution is 2.31. The average molecular weight is 495 g/mol. The number of halogens is 2. The smallest absolute Gasteiger partial charge is 0.244 e. The molecule has 0 saturated heterocycles. The Morgan fingerprint density at radius 2 is 1.70 bits per heavy atom. The predicted octanol–water partition coefficient (Wildman–Crippen LogP) is 3.66. The summed E-state index contributed by atoms with van der Waals surface area (Å²) in [4.78, 5) is 28.4. The van der Waals surface area contributed by atoms with Crippen molar-refractivity contribution < 1.29 is 26.8 Å². The van der Waals surface area contributed by atoms with Crippen molar-refractivity contribution in [1.82, 2.24) is 9.71 Å². The molecule has 3 rings (SSSR count). The summed E-state index contributed by atoms with van der Waals surface area (Å²) in [6.45, 7) is 4.41. The number of thiazole rings is 1. The number of carbonyl (C=O) groups excluding carboxylic acids is 2. The fourth-order valence-electron chi connectivity index (χ4n) is 2.85. The van der Waals surface area contributed by atoms with Crippen molar-refractivity contribution in [1.29, 1.82) is 0 Å². The van der Waals surface area contributed by atoms with Gasteiger partial charge in [-0.1, -0.05) is 0 Å². The first kappa shape index (κ1) is 24.4. The maximum atomic E-state index is 13.5. The molecule has 0 aliphatic heterocycles. The summed E-state index contributed by atoms with van der Waals surface area (Å²) < 4.78 is 54.2. The van der Waals surface area contributed by atoms with Crippen LogP contribution in [0.4, 0.5) is 19.6 Å². The van der Waals surface area contributed by atoms with Crippen molar-refractivity contribution in [3.63, 3.8) is 0 Å². The minimum atomic E-state index is -4.01. The molecule has 3 aromatic rings. The minimum Gasteiger partial charge on any atom is -0.326 e. The highest BCUT2D eigenvalue weighted by Gasteiger charge is 2.23. The van der Waals surface area contributed by atoms with Crippen LogP contribution in [0.15, 0.2) is 47.4 Å². The molecule has 0 bridgehead atoms. The Hall–Kier alpha value is -3.22. The van der Waals surface area contributed by atoms with Crippen molar-refractivity contribution in [3.05, 3.63) is 59.0 Å². The third-order valence-electron chi connectivity index (χ3n) is 4.43. The standard InChI is InChI=1S/C21H20F2N4O4S2/c1-11(27-33(30,31)16-7-5-15(6-8-16)24-13(3)28)20(29)26-21-25-19(12(2)32-21)14-4-9-17(22)18(23)10-14/h4-11,27H,1-3H3,(H,24,28)(H,25,26,29)/t11-/m1/s1. The number of aromatic nitrogens is 1. The average Bonchev–Trinajstić information content (AvgIpc) is 3.09. The van der Waals surface area contributed by atoms with E-state index in [9.17, 15) is 26.8 Å². The number of carbonyl (C=O) groups is 2. The molecule has 0 fully saturated rings. The molecule has 0 aliphatic carbocycles. The fraction of sp³-hybridized carbons (Fsp3) is 0.190. The van der Waals surface area contributed by atoms with Gasteiger partial charge in [0.25, 0.3) is 0 Å². The van der Waals surface area contributed by atoms with Crippen molar-refractivity contribution in [2.75, 3.05) is 10.6 Å². The molecule has 1 aromatic heterocycles. The molecule has 12 heteroatoms. The molecule has 0 radical (unpaired) electrons. The maximum Gasteiger partial charge on any atom is 0.244 e. The number of aryl methyl sites for hydroxylation is 1. The van der Waals surface area contributed by atoms with E-state index in [1.54, 1.807) is 6.92 Å². The number of nitrogens with zero attached hydrogens (tertiary/aromatic N) is 1. The molecule has 33 heavy (non-hydrogen) atoms. The Morgan fingerprint density at radius 1 is 1.03 bits per heavy atom. The lowest BCUT2D eigenvalue weighted by Gasteiger charge is -2.14. The maximum absolute atomic E-state index is 13.5. The van der Waals surface area contributed by atoms with Crippen LogP contribution in [0, 0.1) is 18.6 Å². The van der Waals surface area contributed by atoms with Gasteiger partial charge in [0.1, 0.15) is 0 Å². The topological polar surface area (TPSA) is 117 Å². The van der Waals surface area contributed by atoms with E-state index in [2.05, 4.69) is 20.3 Å². The van der Waals surface area contributed by atoms with Gasteiger partial charge in [0.15, 0.2) is 16.8 Å². The number of amides is 2. The van der Waals surface area contributed by atoms with E-state index in [1.165, 1.54) is 44.2 Å². The van der Waals surface area contributed by atoms with Crippen molar-refractivity contribution in [3.8, 4) is 11.3 Å². The van der Waals surface area contributed by atoms with Crippen LogP contribution in [0.25, 0.3) is 11.3 Å². The van der Waals surface area contributed by atoms with E-state index in [1.807, 2.05) is 0 Å². The first-order valence-corrected chi connectivity index (χ1v) is 11.9. The fourth-order valence-corrected chi connectivity index (χ4v) is 4.89. The summed E-state index contributed by atoms with van der Waals surface area (Å²) in [6.07, 6.45) is 0. The van der Waals surface area contributed by atoms with E-state index >= 15 is 0 Å². The second-order valence-electron chi connectivity index (χ2n) is 7.09. The summed E-state index contributed by atoms with van der Waals surface area (Å²) in [5.74, 6) is -2.94. The van der Waals surface area contributed by atoms with Crippen LogP contribution in [-0.2, 0) is 19.6 Å². The van der Waals surface area contributed by atoms with Gasteiger partial charge in [-0.3, -0.25) is 9.59 Å². The molecule has 8 nitrogen and oxygen atoms in total. The second-order valence-corrected chi connectivity index (χ2v) is 10.0. The van der Waals surface area contributed by atoms with Crippen LogP contribution in [0.2, 0.25) is 0 Å². The van der Waals surface area contributed by atoms with E-state index in [0.717, 1.165) is 23.5 Å². The number of benzene rings is 2. The molecule has 1 heterocycles. The molecule has 0 unspecified atom stereocenters. The van der Waals surface area contributed by atoms with Gasteiger partial charge >= 0.3 is 0 Å². The highest BCUT2D eigenvalue weighted by atomic mass is 32.2. The van der Waals surface area contributed by atoms with E-state index in [-0.39, 0.29) is 15.9 Å². The van der Waals surface area contributed by atoms with Crippen molar-refractivity contribution >= 4 is 44.0 Å². The van der Waals surface area contributed by atoms with Crippen LogP contribution in [0.5, 0.6) is 0 Å². The number of hydrogen-bond donors (Lipinski definition) is 3.